The molecule has 3 heterocycles. The second-order valence-electron chi connectivity index (χ2n) is 8.02. The van der Waals surface area contributed by atoms with Gasteiger partial charge < -0.3 is 9.80 Å². The SMILES string of the molecule is Cc1nc2c(c(N3CCN(c4ccc(=O)n(Cc5ccccc5)n4)CC3)n1)CCC2. The zero-order valence-electron chi connectivity index (χ0n) is 17.3. The first kappa shape index (κ1) is 18.8. The summed E-state index contributed by atoms with van der Waals surface area (Å²) >= 11 is 0. The summed E-state index contributed by atoms with van der Waals surface area (Å²) in [5.74, 6) is 2.84. The average Bonchev–Trinajstić information content (AvgIpc) is 3.24. The maximum Gasteiger partial charge on any atom is 0.267 e. The Hall–Kier alpha value is -3.22. The number of aromatic nitrogens is 4. The highest BCUT2D eigenvalue weighted by Gasteiger charge is 2.25. The van der Waals surface area contributed by atoms with Crippen molar-refractivity contribution in [2.45, 2.75) is 32.7 Å². The summed E-state index contributed by atoms with van der Waals surface area (Å²) in [7, 11) is 0. The first-order valence-electron chi connectivity index (χ1n) is 10.7. The van der Waals surface area contributed by atoms with Crippen LogP contribution in [0.25, 0.3) is 0 Å². The van der Waals surface area contributed by atoms with Gasteiger partial charge in [-0.05, 0) is 37.8 Å². The van der Waals surface area contributed by atoms with E-state index in [1.165, 1.54) is 17.7 Å². The second-order valence-corrected chi connectivity index (χ2v) is 8.02. The molecule has 3 aromatic rings. The Labute approximate surface area is 176 Å². The number of hydrogen-bond donors (Lipinski definition) is 0. The van der Waals surface area contributed by atoms with Crippen molar-refractivity contribution < 1.29 is 0 Å². The highest BCUT2D eigenvalue weighted by Crippen LogP contribution is 2.29. The zero-order valence-corrected chi connectivity index (χ0v) is 17.3. The lowest BCUT2D eigenvalue weighted by Crippen LogP contribution is -2.48. The molecule has 30 heavy (non-hydrogen) atoms. The van der Waals surface area contributed by atoms with E-state index in [4.69, 9.17) is 4.98 Å². The Morgan fingerprint density at radius 1 is 0.900 bits per heavy atom. The molecule has 0 atom stereocenters. The van der Waals surface area contributed by atoms with Crippen molar-refractivity contribution in [2.24, 2.45) is 0 Å². The van der Waals surface area contributed by atoms with Crippen LogP contribution >= 0.6 is 0 Å². The molecule has 0 spiro atoms. The molecule has 7 nitrogen and oxygen atoms in total. The van der Waals surface area contributed by atoms with Crippen LogP contribution in [0.5, 0.6) is 0 Å². The maximum absolute atomic E-state index is 12.3. The van der Waals surface area contributed by atoms with E-state index in [0.717, 1.165) is 62.0 Å². The number of benzene rings is 1. The number of nitrogens with zero attached hydrogens (tertiary/aromatic N) is 6. The van der Waals surface area contributed by atoms with Crippen LogP contribution in [0, 0.1) is 6.92 Å². The summed E-state index contributed by atoms with van der Waals surface area (Å²) in [5, 5.41) is 4.65. The molecule has 1 fully saturated rings. The van der Waals surface area contributed by atoms with Crippen molar-refractivity contribution in [3.63, 3.8) is 0 Å². The van der Waals surface area contributed by atoms with Crippen LogP contribution in [0.2, 0.25) is 0 Å². The number of piperazine rings is 1. The fourth-order valence-electron chi connectivity index (χ4n) is 4.42. The predicted molar refractivity (Wildman–Crippen MR) is 117 cm³/mol. The zero-order chi connectivity index (χ0) is 20.5. The molecule has 1 aliphatic carbocycles. The Morgan fingerprint density at radius 2 is 1.67 bits per heavy atom. The molecular weight excluding hydrogens is 376 g/mol. The van der Waals surface area contributed by atoms with Gasteiger partial charge >= 0.3 is 0 Å². The lowest BCUT2D eigenvalue weighted by molar-refractivity contribution is 0.598. The first-order chi connectivity index (χ1) is 14.7. The van der Waals surface area contributed by atoms with Crippen LogP contribution < -0.4 is 15.4 Å². The quantitative estimate of drug-likeness (QED) is 0.667. The Morgan fingerprint density at radius 3 is 2.47 bits per heavy atom. The minimum atomic E-state index is -0.0757. The fraction of sp³-hybridized carbons (Fsp3) is 0.391. The summed E-state index contributed by atoms with van der Waals surface area (Å²) in [6.45, 7) is 5.96. The van der Waals surface area contributed by atoms with Gasteiger partial charge in [-0.25, -0.2) is 14.6 Å². The average molecular weight is 403 g/mol. The van der Waals surface area contributed by atoms with Crippen LogP contribution in [-0.4, -0.2) is 45.9 Å². The van der Waals surface area contributed by atoms with Gasteiger partial charge in [-0.3, -0.25) is 4.79 Å². The maximum atomic E-state index is 12.3. The van der Waals surface area contributed by atoms with Crippen molar-refractivity contribution in [1.29, 1.82) is 0 Å². The first-order valence-corrected chi connectivity index (χ1v) is 10.7. The van der Waals surface area contributed by atoms with Crippen molar-refractivity contribution in [3.05, 3.63) is 75.5 Å². The molecule has 7 heteroatoms. The molecule has 0 saturated carbocycles. The standard InChI is InChI=1S/C23H26N6O/c1-17-24-20-9-5-8-19(20)23(25-17)28-14-12-27(13-15-28)21-10-11-22(30)29(26-21)16-18-6-3-2-4-7-18/h2-4,6-7,10-11H,5,8-9,12-16H2,1H3. The van der Waals surface area contributed by atoms with E-state index in [-0.39, 0.29) is 5.56 Å². The van der Waals surface area contributed by atoms with Crippen molar-refractivity contribution in [3.8, 4) is 0 Å². The Kier molecular flexibility index (Phi) is 4.94. The van der Waals surface area contributed by atoms with E-state index in [1.807, 2.05) is 43.3 Å². The number of hydrogen-bond acceptors (Lipinski definition) is 6. The van der Waals surface area contributed by atoms with E-state index in [2.05, 4.69) is 19.9 Å². The van der Waals surface area contributed by atoms with E-state index >= 15 is 0 Å². The lowest BCUT2D eigenvalue weighted by Gasteiger charge is -2.36. The van der Waals surface area contributed by atoms with Gasteiger partial charge in [0.05, 0.1) is 6.54 Å². The topological polar surface area (TPSA) is 67.2 Å². The molecule has 0 unspecified atom stereocenters. The van der Waals surface area contributed by atoms with Gasteiger partial charge in [0.2, 0.25) is 0 Å². The van der Waals surface area contributed by atoms with Crippen molar-refractivity contribution in [1.82, 2.24) is 19.7 Å². The Bertz CT molecular complexity index is 1100. The second kappa shape index (κ2) is 7.89. The number of fused-ring (bicyclic) bond motifs is 1. The summed E-state index contributed by atoms with van der Waals surface area (Å²) < 4.78 is 1.55. The van der Waals surface area contributed by atoms with Gasteiger partial charge in [0.1, 0.15) is 17.5 Å². The molecule has 0 N–H and O–H groups in total. The normalized spacial score (nSPS) is 16.0. The lowest BCUT2D eigenvalue weighted by atomic mass is 10.2. The van der Waals surface area contributed by atoms with Gasteiger partial charge in [0.25, 0.3) is 5.56 Å². The monoisotopic (exact) mass is 402 g/mol. The van der Waals surface area contributed by atoms with E-state index in [9.17, 15) is 4.79 Å². The third-order valence-electron chi connectivity index (χ3n) is 5.95. The van der Waals surface area contributed by atoms with Crippen LogP contribution in [-0.2, 0) is 19.4 Å². The molecule has 1 saturated heterocycles. The van der Waals surface area contributed by atoms with Crippen molar-refractivity contribution in [2.75, 3.05) is 36.0 Å². The molecule has 0 radical (unpaired) electrons. The summed E-state index contributed by atoms with van der Waals surface area (Å²) in [4.78, 5) is 26.3. The van der Waals surface area contributed by atoms with Gasteiger partial charge in [0.15, 0.2) is 0 Å². The molecule has 5 rings (SSSR count). The fourth-order valence-corrected chi connectivity index (χ4v) is 4.42. The molecule has 0 amide bonds. The third kappa shape index (κ3) is 3.67. The number of rotatable bonds is 4. The van der Waals surface area contributed by atoms with Gasteiger partial charge in [-0.1, -0.05) is 30.3 Å². The molecule has 154 valence electrons. The van der Waals surface area contributed by atoms with E-state index in [0.29, 0.717) is 6.54 Å². The van der Waals surface area contributed by atoms with Gasteiger partial charge in [0, 0.05) is 43.5 Å². The van der Waals surface area contributed by atoms with Gasteiger partial charge in [-0.2, -0.15) is 5.10 Å². The predicted octanol–water partition coefficient (Wildman–Crippen LogP) is 2.21. The highest BCUT2D eigenvalue weighted by molar-refractivity contribution is 5.53. The third-order valence-corrected chi connectivity index (χ3v) is 5.95. The largest absolute Gasteiger partial charge is 0.353 e. The molecule has 2 aliphatic rings. The molecule has 1 aliphatic heterocycles. The van der Waals surface area contributed by atoms with E-state index in [1.54, 1.807) is 10.7 Å². The number of anilines is 2. The van der Waals surface area contributed by atoms with Gasteiger partial charge in [-0.15, -0.1) is 0 Å². The van der Waals surface area contributed by atoms with Crippen molar-refractivity contribution >= 4 is 11.6 Å². The molecule has 0 bridgehead atoms. The van der Waals surface area contributed by atoms with E-state index < -0.39 is 0 Å². The summed E-state index contributed by atoms with van der Waals surface area (Å²) in [6, 6.07) is 13.4. The molecular formula is C23H26N6O. The summed E-state index contributed by atoms with van der Waals surface area (Å²) in [6.07, 6.45) is 3.32. The van der Waals surface area contributed by atoms with Crippen LogP contribution in [0.3, 0.4) is 0 Å². The molecule has 1 aromatic carbocycles. The minimum absolute atomic E-state index is 0.0757. The van der Waals surface area contributed by atoms with Crippen LogP contribution in [0.4, 0.5) is 11.6 Å². The van der Waals surface area contributed by atoms with Crippen LogP contribution in [0.1, 0.15) is 29.1 Å². The Balaban J connectivity index is 1.32. The minimum Gasteiger partial charge on any atom is -0.353 e. The highest BCUT2D eigenvalue weighted by atomic mass is 16.1. The number of aryl methyl sites for hydroxylation is 2. The smallest absolute Gasteiger partial charge is 0.267 e. The summed E-state index contributed by atoms with van der Waals surface area (Å²) in [5.41, 5.74) is 3.56. The van der Waals surface area contributed by atoms with Crippen LogP contribution in [0.15, 0.2) is 47.3 Å². The molecule has 2 aromatic heterocycles.